The Morgan fingerprint density at radius 3 is 2.83 bits per heavy atom. The van der Waals surface area contributed by atoms with E-state index < -0.39 is 12.1 Å². The van der Waals surface area contributed by atoms with Crippen molar-refractivity contribution in [3.05, 3.63) is 28.5 Å². The van der Waals surface area contributed by atoms with E-state index in [0.717, 1.165) is 0 Å². The van der Waals surface area contributed by atoms with Crippen LogP contribution in [0.3, 0.4) is 0 Å². The molecule has 0 saturated heterocycles. The second kappa shape index (κ2) is 3.64. The van der Waals surface area contributed by atoms with E-state index in [1.165, 1.54) is 12.3 Å². The molecule has 1 aromatic heterocycles. The molecule has 0 aromatic carbocycles. The van der Waals surface area contributed by atoms with E-state index in [0.29, 0.717) is 4.60 Å². The predicted molar refractivity (Wildman–Crippen MR) is 44.5 cm³/mol. The Morgan fingerprint density at radius 1 is 1.67 bits per heavy atom. The highest BCUT2D eigenvalue weighted by molar-refractivity contribution is 9.10. The van der Waals surface area contributed by atoms with Crippen molar-refractivity contribution in [2.75, 3.05) is 0 Å². The third kappa shape index (κ3) is 1.80. The summed E-state index contributed by atoms with van der Waals surface area (Å²) in [5.74, 6) is -1.29. The van der Waals surface area contributed by atoms with Crippen molar-refractivity contribution in [1.29, 1.82) is 0 Å². The van der Waals surface area contributed by atoms with Gasteiger partial charge in [-0.3, -0.25) is 0 Å². The van der Waals surface area contributed by atoms with Crippen LogP contribution >= 0.6 is 15.9 Å². The third-order valence-electron chi connectivity index (χ3n) is 1.32. The molecule has 2 N–H and O–H groups in total. The highest BCUT2D eigenvalue weighted by Gasteiger charge is 2.18. The average Bonchev–Trinajstić information content (AvgIpc) is 2.04. The van der Waals surface area contributed by atoms with Gasteiger partial charge >= 0.3 is 5.97 Å². The zero-order valence-electron chi connectivity index (χ0n) is 5.94. The van der Waals surface area contributed by atoms with E-state index >= 15 is 0 Å². The van der Waals surface area contributed by atoms with Crippen LogP contribution in [0, 0.1) is 0 Å². The maximum atomic E-state index is 10.4. The molecule has 1 atom stereocenters. The van der Waals surface area contributed by atoms with Crippen LogP contribution in [0.25, 0.3) is 0 Å². The molecule has 1 aromatic rings. The highest BCUT2D eigenvalue weighted by atomic mass is 79.9. The third-order valence-corrected chi connectivity index (χ3v) is 1.98. The van der Waals surface area contributed by atoms with E-state index in [4.69, 9.17) is 10.2 Å². The molecule has 0 aliphatic carbocycles. The van der Waals surface area contributed by atoms with E-state index in [-0.39, 0.29) is 5.56 Å². The van der Waals surface area contributed by atoms with Crippen LogP contribution in [0.2, 0.25) is 0 Å². The number of aliphatic hydroxyl groups excluding tert-OH is 1. The molecule has 0 aliphatic heterocycles. The van der Waals surface area contributed by atoms with Gasteiger partial charge in [-0.25, -0.2) is 9.78 Å². The molecule has 1 unspecified atom stereocenters. The standard InChI is InChI=1S/C7H6BrNO3/c8-6-4(2-1-3-9-6)5(10)7(11)12/h1-3,5,10H,(H,11,12). The van der Waals surface area contributed by atoms with Gasteiger partial charge in [0.05, 0.1) is 0 Å². The van der Waals surface area contributed by atoms with Crippen molar-refractivity contribution >= 4 is 21.9 Å². The van der Waals surface area contributed by atoms with E-state index in [2.05, 4.69) is 20.9 Å². The smallest absolute Gasteiger partial charge is 0.337 e. The van der Waals surface area contributed by atoms with Crippen molar-refractivity contribution in [1.82, 2.24) is 4.98 Å². The quantitative estimate of drug-likeness (QED) is 0.745. The van der Waals surface area contributed by atoms with Crippen molar-refractivity contribution in [2.24, 2.45) is 0 Å². The summed E-state index contributed by atoms with van der Waals surface area (Å²) in [7, 11) is 0. The first-order valence-electron chi connectivity index (χ1n) is 3.14. The maximum absolute atomic E-state index is 10.4. The monoisotopic (exact) mass is 231 g/mol. The number of hydrogen-bond donors (Lipinski definition) is 2. The molecular weight excluding hydrogens is 226 g/mol. The number of carboxylic acid groups (broad SMARTS) is 1. The Morgan fingerprint density at radius 2 is 2.33 bits per heavy atom. The fourth-order valence-electron chi connectivity index (χ4n) is 0.735. The van der Waals surface area contributed by atoms with E-state index in [9.17, 15) is 4.79 Å². The first kappa shape index (κ1) is 9.15. The molecule has 1 heterocycles. The van der Waals surface area contributed by atoms with Gasteiger partial charge in [0.15, 0.2) is 6.10 Å². The minimum atomic E-state index is -1.52. The van der Waals surface area contributed by atoms with E-state index in [1.807, 2.05) is 0 Å². The number of halogens is 1. The molecule has 0 aliphatic rings. The summed E-state index contributed by atoms with van der Waals surface area (Å²) in [5.41, 5.74) is 0.255. The summed E-state index contributed by atoms with van der Waals surface area (Å²) in [4.78, 5) is 14.1. The molecule has 1 rings (SSSR count). The number of aliphatic hydroxyl groups is 1. The van der Waals surface area contributed by atoms with Crippen LogP contribution in [-0.4, -0.2) is 21.2 Å². The van der Waals surface area contributed by atoms with Crippen LogP contribution in [0.4, 0.5) is 0 Å². The van der Waals surface area contributed by atoms with Crippen LogP contribution in [0.1, 0.15) is 11.7 Å². The number of carbonyl (C=O) groups is 1. The molecule has 0 fully saturated rings. The van der Waals surface area contributed by atoms with E-state index in [1.54, 1.807) is 6.07 Å². The zero-order chi connectivity index (χ0) is 9.14. The molecule has 12 heavy (non-hydrogen) atoms. The van der Waals surface area contributed by atoms with Gasteiger partial charge in [-0.1, -0.05) is 6.07 Å². The minimum Gasteiger partial charge on any atom is -0.479 e. The van der Waals surface area contributed by atoms with Crippen molar-refractivity contribution in [3.63, 3.8) is 0 Å². The second-order valence-electron chi connectivity index (χ2n) is 2.12. The summed E-state index contributed by atoms with van der Waals surface area (Å²) < 4.78 is 0.347. The highest BCUT2D eigenvalue weighted by Crippen LogP contribution is 2.20. The molecule has 0 spiro atoms. The Kier molecular flexibility index (Phi) is 2.78. The first-order chi connectivity index (χ1) is 5.63. The van der Waals surface area contributed by atoms with Gasteiger partial charge in [0.1, 0.15) is 4.60 Å². The average molecular weight is 232 g/mol. The fraction of sp³-hybridized carbons (Fsp3) is 0.143. The molecule has 0 saturated carbocycles. The number of rotatable bonds is 2. The number of aromatic nitrogens is 1. The SMILES string of the molecule is O=C(O)C(O)c1cccnc1Br. The van der Waals surface area contributed by atoms with Crippen LogP contribution in [-0.2, 0) is 4.79 Å². The summed E-state index contributed by atoms with van der Waals surface area (Å²) in [6.07, 6.45) is -0.0182. The van der Waals surface area contributed by atoms with Gasteiger partial charge < -0.3 is 10.2 Å². The topological polar surface area (TPSA) is 70.4 Å². The lowest BCUT2D eigenvalue weighted by atomic mass is 10.2. The second-order valence-corrected chi connectivity index (χ2v) is 2.88. The Hall–Kier alpha value is -0.940. The van der Waals surface area contributed by atoms with Crippen LogP contribution < -0.4 is 0 Å². The van der Waals surface area contributed by atoms with Crippen LogP contribution in [0.5, 0.6) is 0 Å². The lowest BCUT2D eigenvalue weighted by Crippen LogP contribution is -2.11. The Labute approximate surface area is 77.0 Å². The van der Waals surface area contributed by atoms with Gasteiger partial charge in [-0.15, -0.1) is 0 Å². The molecular formula is C7H6BrNO3. The summed E-state index contributed by atoms with van der Waals surface area (Å²) in [6, 6.07) is 3.06. The normalized spacial score (nSPS) is 12.5. The fourth-order valence-corrected chi connectivity index (χ4v) is 1.20. The minimum absolute atomic E-state index is 0.255. The summed E-state index contributed by atoms with van der Waals surface area (Å²) in [5, 5.41) is 17.6. The number of hydrogen-bond acceptors (Lipinski definition) is 3. The number of nitrogens with zero attached hydrogens (tertiary/aromatic N) is 1. The predicted octanol–water partition coefficient (Wildman–Crippen LogP) is 0.962. The Bertz CT molecular complexity index is 302. The molecule has 0 amide bonds. The maximum Gasteiger partial charge on any atom is 0.337 e. The molecule has 0 bridgehead atoms. The molecule has 5 heteroatoms. The van der Waals surface area contributed by atoms with Crippen LogP contribution in [0.15, 0.2) is 22.9 Å². The summed E-state index contributed by atoms with van der Waals surface area (Å²) >= 11 is 3.03. The van der Waals surface area contributed by atoms with Crippen molar-refractivity contribution in [3.8, 4) is 0 Å². The number of aliphatic carboxylic acids is 1. The van der Waals surface area contributed by atoms with Gasteiger partial charge in [0.2, 0.25) is 0 Å². The summed E-state index contributed by atoms with van der Waals surface area (Å²) in [6.45, 7) is 0. The first-order valence-corrected chi connectivity index (χ1v) is 3.93. The van der Waals surface area contributed by atoms with Gasteiger partial charge in [-0.2, -0.15) is 0 Å². The molecule has 0 radical (unpaired) electrons. The lowest BCUT2D eigenvalue weighted by molar-refractivity contribution is -0.147. The van der Waals surface area contributed by atoms with Gasteiger partial charge in [0, 0.05) is 11.8 Å². The van der Waals surface area contributed by atoms with Gasteiger partial charge in [-0.05, 0) is 22.0 Å². The molecule has 4 nitrogen and oxygen atoms in total. The Balaban J connectivity index is 3.02. The number of carboxylic acids is 1. The van der Waals surface area contributed by atoms with Crippen molar-refractivity contribution < 1.29 is 15.0 Å². The largest absolute Gasteiger partial charge is 0.479 e. The van der Waals surface area contributed by atoms with Crippen molar-refractivity contribution in [2.45, 2.75) is 6.10 Å². The number of pyridine rings is 1. The lowest BCUT2D eigenvalue weighted by Gasteiger charge is -2.05. The zero-order valence-corrected chi connectivity index (χ0v) is 7.52. The van der Waals surface area contributed by atoms with Gasteiger partial charge in [0.25, 0.3) is 0 Å². The molecule has 64 valence electrons.